The van der Waals surface area contributed by atoms with E-state index in [1.165, 1.54) is 12.8 Å². The third kappa shape index (κ3) is 4.84. The molecule has 16 heavy (non-hydrogen) atoms. The Kier molecular flexibility index (Phi) is 6.23. The van der Waals surface area contributed by atoms with Gasteiger partial charge in [-0.1, -0.05) is 6.92 Å². The molecule has 94 valence electrons. The summed E-state index contributed by atoms with van der Waals surface area (Å²) < 4.78 is 0. The monoisotopic (exact) mass is 227 g/mol. The standard InChI is InChI=1S/C12H25N3O/c1-3-7-14-12(16)15(2)10-6-11-4-8-13-9-5-11/h11,13H,3-10H2,1-2H3,(H,14,16). The molecule has 1 saturated heterocycles. The van der Waals surface area contributed by atoms with E-state index in [1.54, 1.807) is 4.90 Å². The minimum atomic E-state index is 0.0655. The Morgan fingerprint density at radius 3 is 2.75 bits per heavy atom. The van der Waals surface area contributed by atoms with Crippen LogP contribution in [0.25, 0.3) is 0 Å². The van der Waals surface area contributed by atoms with Crippen molar-refractivity contribution >= 4 is 6.03 Å². The van der Waals surface area contributed by atoms with Gasteiger partial charge in [-0.05, 0) is 44.7 Å². The van der Waals surface area contributed by atoms with Crippen molar-refractivity contribution in [3.63, 3.8) is 0 Å². The molecule has 0 saturated carbocycles. The minimum Gasteiger partial charge on any atom is -0.338 e. The van der Waals surface area contributed by atoms with Crippen LogP contribution in [0.3, 0.4) is 0 Å². The molecular weight excluding hydrogens is 202 g/mol. The summed E-state index contributed by atoms with van der Waals surface area (Å²) in [5.74, 6) is 0.794. The maximum Gasteiger partial charge on any atom is 0.317 e. The van der Waals surface area contributed by atoms with E-state index in [-0.39, 0.29) is 6.03 Å². The molecule has 0 radical (unpaired) electrons. The van der Waals surface area contributed by atoms with Gasteiger partial charge in [-0.2, -0.15) is 0 Å². The Morgan fingerprint density at radius 2 is 2.12 bits per heavy atom. The van der Waals surface area contributed by atoms with Gasteiger partial charge < -0.3 is 15.5 Å². The number of nitrogens with zero attached hydrogens (tertiary/aromatic N) is 1. The zero-order chi connectivity index (χ0) is 11.8. The predicted octanol–water partition coefficient (Wildman–Crippen LogP) is 1.43. The van der Waals surface area contributed by atoms with Crippen LogP contribution >= 0.6 is 0 Å². The molecule has 0 bridgehead atoms. The van der Waals surface area contributed by atoms with E-state index in [4.69, 9.17) is 0 Å². The molecule has 1 aliphatic heterocycles. The Labute approximate surface area is 98.8 Å². The summed E-state index contributed by atoms with van der Waals surface area (Å²) in [6.07, 6.45) is 4.64. The van der Waals surface area contributed by atoms with Crippen molar-refractivity contribution in [2.75, 3.05) is 33.2 Å². The summed E-state index contributed by atoms with van der Waals surface area (Å²) in [5, 5.41) is 6.25. The summed E-state index contributed by atoms with van der Waals surface area (Å²) in [6, 6.07) is 0.0655. The van der Waals surface area contributed by atoms with Crippen molar-refractivity contribution in [2.45, 2.75) is 32.6 Å². The van der Waals surface area contributed by atoms with Gasteiger partial charge in [0.1, 0.15) is 0 Å². The molecule has 2 amide bonds. The van der Waals surface area contributed by atoms with Crippen LogP contribution in [0.5, 0.6) is 0 Å². The first-order valence-electron chi connectivity index (χ1n) is 6.43. The molecule has 1 aliphatic rings. The second-order valence-corrected chi connectivity index (χ2v) is 4.64. The molecule has 2 N–H and O–H groups in total. The highest BCUT2D eigenvalue weighted by molar-refractivity contribution is 5.73. The lowest BCUT2D eigenvalue weighted by Crippen LogP contribution is -2.39. The van der Waals surface area contributed by atoms with Crippen LogP contribution in [0, 0.1) is 5.92 Å². The first-order valence-corrected chi connectivity index (χ1v) is 6.43. The second-order valence-electron chi connectivity index (χ2n) is 4.64. The van der Waals surface area contributed by atoms with Crippen LogP contribution in [0.4, 0.5) is 4.79 Å². The molecule has 0 aromatic rings. The molecule has 4 heteroatoms. The summed E-state index contributed by atoms with van der Waals surface area (Å²) in [5.41, 5.74) is 0. The molecule has 1 fully saturated rings. The van der Waals surface area contributed by atoms with Gasteiger partial charge in [0, 0.05) is 20.1 Å². The molecule has 0 aliphatic carbocycles. The fourth-order valence-corrected chi connectivity index (χ4v) is 2.02. The largest absolute Gasteiger partial charge is 0.338 e. The maximum absolute atomic E-state index is 11.6. The fourth-order valence-electron chi connectivity index (χ4n) is 2.02. The second kappa shape index (κ2) is 7.49. The SMILES string of the molecule is CCCNC(=O)N(C)CCC1CCNCC1. The van der Waals surface area contributed by atoms with E-state index >= 15 is 0 Å². The third-order valence-electron chi connectivity index (χ3n) is 3.20. The lowest BCUT2D eigenvalue weighted by Gasteiger charge is -2.25. The summed E-state index contributed by atoms with van der Waals surface area (Å²) in [7, 11) is 1.88. The normalized spacial score (nSPS) is 17.1. The molecule has 1 rings (SSSR count). The van der Waals surface area contributed by atoms with Crippen LogP contribution < -0.4 is 10.6 Å². The van der Waals surface area contributed by atoms with Gasteiger partial charge in [0.05, 0.1) is 0 Å². The van der Waals surface area contributed by atoms with E-state index in [9.17, 15) is 4.79 Å². The smallest absolute Gasteiger partial charge is 0.317 e. The lowest BCUT2D eigenvalue weighted by molar-refractivity contribution is 0.203. The summed E-state index contributed by atoms with van der Waals surface area (Å²) in [6.45, 7) is 5.98. The Morgan fingerprint density at radius 1 is 1.44 bits per heavy atom. The third-order valence-corrected chi connectivity index (χ3v) is 3.20. The highest BCUT2D eigenvalue weighted by Gasteiger charge is 2.15. The number of nitrogens with one attached hydrogen (secondary N) is 2. The zero-order valence-electron chi connectivity index (χ0n) is 10.6. The number of amides is 2. The number of carbonyl (C=O) groups excluding carboxylic acids is 1. The van der Waals surface area contributed by atoms with E-state index in [0.717, 1.165) is 44.9 Å². The summed E-state index contributed by atoms with van der Waals surface area (Å²) in [4.78, 5) is 13.4. The van der Waals surface area contributed by atoms with Gasteiger partial charge >= 0.3 is 6.03 Å². The molecule has 0 aromatic heterocycles. The van der Waals surface area contributed by atoms with E-state index in [1.807, 2.05) is 7.05 Å². The van der Waals surface area contributed by atoms with Crippen molar-refractivity contribution in [2.24, 2.45) is 5.92 Å². The van der Waals surface area contributed by atoms with Gasteiger partial charge in [-0.3, -0.25) is 0 Å². The molecule has 0 unspecified atom stereocenters. The molecular formula is C12H25N3O. The number of piperidine rings is 1. The Hall–Kier alpha value is -0.770. The van der Waals surface area contributed by atoms with E-state index in [2.05, 4.69) is 17.6 Å². The molecule has 0 aromatic carbocycles. The fraction of sp³-hybridized carbons (Fsp3) is 0.917. The van der Waals surface area contributed by atoms with E-state index in [0.29, 0.717) is 0 Å². The van der Waals surface area contributed by atoms with Crippen molar-refractivity contribution in [3.05, 3.63) is 0 Å². The van der Waals surface area contributed by atoms with Crippen LogP contribution in [-0.2, 0) is 0 Å². The lowest BCUT2D eigenvalue weighted by atomic mass is 9.94. The quantitative estimate of drug-likeness (QED) is 0.746. The number of rotatable bonds is 5. The number of hydrogen-bond donors (Lipinski definition) is 2. The topological polar surface area (TPSA) is 44.4 Å². The van der Waals surface area contributed by atoms with Crippen molar-refractivity contribution in [1.29, 1.82) is 0 Å². The van der Waals surface area contributed by atoms with Crippen molar-refractivity contribution in [1.82, 2.24) is 15.5 Å². The average Bonchev–Trinajstić information content (AvgIpc) is 2.34. The Balaban J connectivity index is 2.12. The van der Waals surface area contributed by atoms with Gasteiger partial charge in [0.15, 0.2) is 0 Å². The van der Waals surface area contributed by atoms with Crippen molar-refractivity contribution < 1.29 is 4.79 Å². The highest BCUT2D eigenvalue weighted by Crippen LogP contribution is 2.15. The van der Waals surface area contributed by atoms with Gasteiger partial charge in [0.25, 0.3) is 0 Å². The van der Waals surface area contributed by atoms with Crippen LogP contribution in [-0.4, -0.2) is 44.2 Å². The van der Waals surface area contributed by atoms with Crippen LogP contribution in [0.1, 0.15) is 32.6 Å². The molecule has 1 heterocycles. The van der Waals surface area contributed by atoms with Crippen LogP contribution in [0.2, 0.25) is 0 Å². The first-order chi connectivity index (χ1) is 7.74. The first kappa shape index (κ1) is 13.3. The van der Waals surface area contributed by atoms with Crippen molar-refractivity contribution in [3.8, 4) is 0 Å². The Bertz CT molecular complexity index is 202. The maximum atomic E-state index is 11.6. The van der Waals surface area contributed by atoms with E-state index < -0.39 is 0 Å². The van der Waals surface area contributed by atoms with Crippen LogP contribution in [0.15, 0.2) is 0 Å². The van der Waals surface area contributed by atoms with Gasteiger partial charge in [-0.25, -0.2) is 4.79 Å². The number of hydrogen-bond acceptors (Lipinski definition) is 2. The van der Waals surface area contributed by atoms with Gasteiger partial charge in [0.2, 0.25) is 0 Å². The minimum absolute atomic E-state index is 0.0655. The molecule has 4 nitrogen and oxygen atoms in total. The highest BCUT2D eigenvalue weighted by atomic mass is 16.2. The van der Waals surface area contributed by atoms with Gasteiger partial charge in [-0.15, -0.1) is 0 Å². The predicted molar refractivity (Wildman–Crippen MR) is 66.5 cm³/mol. The zero-order valence-corrected chi connectivity index (χ0v) is 10.6. The number of carbonyl (C=O) groups is 1. The molecule has 0 spiro atoms. The number of urea groups is 1. The average molecular weight is 227 g/mol. The molecule has 0 atom stereocenters. The summed E-state index contributed by atoms with van der Waals surface area (Å²) >= 11 is 0.